The van der Waals surface area contributed by atoms with Crippen LogP contribution in [0, 0.1) is 6.92 Å². The first-order chi connectivity index (χ1) is 34.6. The maximum Gasteiger partial charge on any atom is 0.333 e. The number of benzene rings is 10. The molecule has 70 heavy (non-hydrogen) atoms. The van der Waals surface area contributed by atoms with Crippen LogP contribution in [-0.4, -0.2) is 6.85 Å². The Morgan fingerprint density at radius 1 is 0.471 bits per heavy atom. The summed E-state index contributed by atoms with van der Waals surface area (Å²) >= 11 is 0. The number of para-hydroxylation sites is 3. The fourth-order valence-corrected chi connectivity index (χ4v) is 13.3. The van der Waals surface area contributed by atoms with E-state index in [4.69, 9.17) is 4.42 Å². The van der Waals surface area contributed by atoms with Gasteiger partial charge >= 0.3 is 6.85 Å². The largest absolute Gasteiger partial charge is 0.454 e. The fourth-order valence-electron chi connectivity index (χ4n) is 13.3. The first kappa shape index (κ1) is 39.6. The smallest absolute Gasteiger partial charge is 0.333 e. The number of fused-ring (bicyclic) bond motifs is 17. The molecule has 3 aliphatic heterocycles. The van der Waals surface area contributed by atoms with E-state index < -0.39 is 5.41 Å². The second-order valence-electron chi connectivity index (χ2n) is 19.7. The van der Waals surface area contributed by atoms with E-state index in [2.05, 4.69) is 236 Å². The summed E-state index contributed by atoms with van der Waals surface area (Å²) in [5, 5.41) is 2.24. The summed E-state index contributed by atoms with van der Waals surface area (Å²) in [6, 6.07) is 80.2. The van der Waals surface area contributed by atoms with Crippen molar-refractivity contribution in [2.75, 3.05) is 9.71 Å². The van der Waals surface area contributed by atoms with E-state index in [1.54, 1.807) is 0 Å². The van der Waals surface area contributed by atoms with Gasteiger partial charge in [0.1, 0.15) is 5.58 Å². The molecular weight excluding hydrogens is 848 g/mol. The first-order valence-electron chi connectivity index (χ1n) is 25.0. The standard InChI is InChI=1S/C66H47BN2O/c1-3-4-20-42-34-37-58(51(38-42)43-21-6-5-7-22-43)68-60-40-44(45-23-9-8-19-41(45)2)39-52-49-27-18-31-56-63(49)69(67(62(52)60)57-36-35-50-48-26-12-17-33-61(48)70-65(50)64(57)68)59-32-16-15-30-55(59)66(56)53-28-13-10-24-46(53)47-25-11-14-29-54(47)66/h5-19,21-40H,3-4,20H2,1-2H3. The van der Waals surface area contributed by atoms with Gasteiger partial charge in [-0.05, 0) is 134 Å². The predicted octanol–water partition coefficient (Wildman–Crippen LogP) is 16.0. The molecule has 1 aliphatic carbocycles. The number of hydrogen-bond donors (Lipinski definition) is 0. The molecule has 0 atom stereocenters. The van der Waals surface area contributed by atoms with Crippen molar-refractivity contribution in [1.82, 2.24) is 0 Å². The number of rotatable bonds is 6. The van der Waals surface area contributed by atoms with Crippen molar-refractivity contribution in [3.05, 3.63) is 246 Å². The number of furan rings is 1. The Labute approximate surface area is 409 Å². The Kier molecular flexibility index (Phi) is 8.40. The molecule has 1 spiro atoms. The third-order valence-corrected chi connectivity index (χ3v) is 16.2. The molecule has 11 aromatic rings. The van der Waals surface area contributed by atoms with Gasteiger partial charge in [0.15, 0.2) is 5.58 Å². The van der Waals surface area contributed by atoms with Crippen LogP contribution in [0.2, 0.25) is 0 Å². The van der Waals surface area contributed by atoms with Gasteiger partial charge in [-0.1, -0.05) is 189 Å². The topological polar surface area (TPSA) is 19.6 Å². The van der Waals surface area contributed by atoms with Gasteiger partial charge in [0.25, 0.3) is 0 Å². The van der Waals surface area contributed by atoms with Crippen molar-refractivity contribution >= 4 is 68.1 Å². The van der Waals surface area contributed by atoms with Crippen LogP contribution in [-0.2, 0) is 11.8 Å². The SMILES string of the molecule is CCCCc1ccc(N2c3cc(-c4ccccc4C)cc4c3B(c3ccc5c(oc6ccccc65)c32)N2c3ccccc3C3(c5ccccc5-c5ccccc53)c3cccc-4c32)c(-c2ccccc2)c1. The summed E-state index contributed by atoms with van der Waals surface area (Å²) in [5.41, 5.74) is 27.6. The minimum Gasteiger partial charge on any atom is -0.454 e. The van der Waals surface area contributed by atoms with E-state index in [9.17, 15) is 0 Å². The average Bonchev–Trinajstić information content (AvgIpc) is 3.96. The van der Waals surface area contributed by atoms with Gasteiger partial charge in [0.2, 0.25) is 0 Å². The summed E-state index contributed by atoms with van der Waals surface area (Å²) in [6.45, 7) is 4.34. The molecular formula is C66H47BN2O. The zero-order chi connectivity index (χ0) is 46.2. The molecule has 0 amide bonds. The zero-order valence-corrected chi connectivity index (χ0v) is 39.2. The fraction of sp³-hybridized carbons (Fsp3) is 0.0909. The lowest BCUT2D eigenvalue weighted by atomic mass is 9.42. The lowest BCUT2D eigenvalue weighted by Crippen LogP contribution is -2.63. The molecule has 4 heteroatoms. The van der Waals surface area contributed by atoms with Crippen LogP contribution >= 0.6 is 0 Å². The summed E-state index contributed by atoms with van der Waals surface area (Å²) < 4.78 is 7.25. The van der Waals surface area contributed by atoms with Crippen molar-refractivity contribution in [2.24, 2.45) is 0 Å². The highest BCUT2D eigenvalue weighted by molar-refractivity contribution is 6.94. The van der Waals surface area contributed by atoms with Crippen molar-refractivity contribution in [2.45, 2.75) is 38.5 Å². The molecule has 15 rings (SSSR count). The predicted molar refractivity (Wildman–Crippen MR) is 293 cm³/mol. The number of hydrogen-bond acceptors (Lipinski definition) is 3. The Morgan fingerprint density at radius 2 is 1.16 bits per heavy atom. The Hall–Kier alpha value is -8.34. The quantitative estimate of drug-likeness (QED) is 0.155. The Morgan fingerprint density at radius 3 is 1.96 bits per heavy atom. The summed E-state index contributed by atoms with van der Waals surface area (Å²) in [6.07, 6.45) is 3.32. The maximum atomic E-state index is 7.25. The van der Waals surface area contributed by atoms with Gasteiger partial charge in [0.05, 0.1) is 16.8 Å². The van der Waals surface area contributed by atoms with Gasteiger partial charge in [0, 0.05) is 39.0 Å². The van der Waals surface area contributed by atoms with Crippen molar-refractivity contribution < 1.29 is 4.42 Å². The van der Waals surface area contributed by atoms with Crippen LogP contribution in [0.4, 0.5) is 28.4 Å². The minimum atomic E-state index is -0.532. The average molecular weight is 895 g/mol. The van der Waals surface area contributed by atoms with E-state index >= 15 is 0 Å². The van der Waals surface area contributed by atoms with Crippen LogP contribution in [0.3, 0.4) is 0 Å². The summed E-state index contributed by atoms with van der Waals surface area (Å²) in [5.74, 6) is 0. The second-order valence-corrected chi connectivity index (χ2v) is 19.7. The van der Waals surface area contributed by atoms with Gasteiger partial charge in [-0.2, -0.15) is 0 Å². The van der Waals surface area contributed by atoms with Gasteiger partial charge < -0.3 is 14.1 Å². The van der Waals surface area contributed by atoms with E-state index in [-0.39, 0.29) is 6.85 Å². The second kappa shape index (κ2) is 14.8. The lowest BCUT2D eigenvalue weighted by Gasteiger charge is -2.52. The Balaban J connectivity index is 1.12. The molecule has 0 N–H and O–H groups in total. The zero-order valence-electron chi connectivity index (χ0n) is 39.2. The van der Waals surface area contributed by atoms with E-state index in [1.165, 1.54) is 106 Å². The highest BCUT2D eigenvalue weighted by Gasteiger charge is 2.56. The monoisotopic (exact) mass is 894 g/mol. The molecule has 10 aromatic carbocycles. The molecule has 0 radical (unpaired) electrons. The van der Waals surface area contributed by atoms with E-state index in [0.29, 0.717) is 0 Å². The van der Waals surface area contributed by atoms with Gasteiger partial charge in [-0.25, -0.2) is 0 Å². The van der Waals surface area contributed by atoms with E-state index in [0.717, 1.165) is 52.6 Å². The number of nitrogens with zero attached hydrogens (tertiary/aromatic N) is 2. The normalized spacial score (nSPS) is 14.1. The number of aryl methyl sites for hydroxylation is 2. The lowest BCUT2D eigenvalue weighted by molar-refractivity contribution is 0.669. The minimum absolute atomic E-state index is 0.192. The first-order valence-corrected chi connectivity index (χ1v) is 25.0. The van der Waals surface area contributed by atoms with Crippen molar-refractivity contribution in [1.29, 1.82) is 0 Å². The third-order valence-electron chi connectivity index (χ3n) is 16.2. The molecule has 0 saturated carbocycles. The summed E-state index contributed by atoms with van der Waals surface area (Å²) in [4.78, 5) is 5.32. The highest BCUT2D eigenvalue weighted by Crippen LogP contribution is 2.65. The Bertz CT molecular complexity index is 3950. The molecule has 0 saturated heterocycles. The van der Waals surface area contributed by atoms with Crippen LogP contribution in [0.1, 0.15) is 53.1 Å². The number of unbranched alkanes of at least 4 members (excludes halogenated alkanes) is 1. The van der Waals surface area contributed by atoms with Crippen LogP contribution in [0.5, 0.6) is 0 Å². The molecule has 0 bridgehead atoms. The van der Waals surface area contributed by atoms with Crippen LogP contribution in [0.15, 0.2) is 217 Å². The van der Waals surface area contributed by atoms with E-state index in [1.807, 2.05) is 0 Å². The van der Waals surface area contributed by atoms with Crippen LogP contribution < -0.4 is 20.6 Å². The highest BCUT2D eigenvalue weighted by atomic mass is 16.3. The van der Waals surface area contributed by atoms with Crippen LogP contribution in [0.25, 0.3) is 66.4 Å². The van der Waals surface area contributed by atoms with Crippen molar-refractivity contribution in [3.63, 3.8) is 0 Å². The molecule has 3 nitrogen and oxygen atoms in total. The molecule has 0 fully saturated rings. The molecule has 1 aromatic heterocycles. The number of anilines is 5. The molecule has 0 unspecified atom stereocenters. The summed E-state index contributed by atoms with van der Waals surface area (Å²) in [7, 11) is 0. The van der Waals surface area contributed by atoms with Gasteiger partial charge in [-0.15, -0.1) is 0 Å². The third kappa shape index (κ3) is 5.20. The molecule has 330 valence electrons. The van der Waals surface area contributed by atoms with Crippen molar-refractivity contribution in [3.8, 4) is 44.5 Å². The molecule has 4 heterocycles. The maximum absolute atomic E-state index is 7.25. The van der Waals surface area contributed by atoms with Gasteiger partial charge in [-0.3, -0.25) is 0 Å². The molecule has 4 aliphatic rings.